The lowest BCUT2D eigenvalue weighted by Crippen LogP contribution is -2.24. The number of anilines is 2. The standard InChI is InChI=1S/C20H20N2O5/c23-17(13-27-20(26)19(25)14-5-2-1-3-6-14)21-15-8-10-16(11-9-15)22-12-4-7-18(22)24/h1-3,5-6,8-11,19,25H,4,7,12-13H2,(H,21,23)/t19-/m0/s1. The number of aliphatic hydroxyl groups is 1. The first-order valence-corrected chi connectivity index (χ1v) is 8.64. The third-order valence-corrected chi connectivity index (χ3v) is 4.22. The molecule has 7 nitrogen and oxygen atoms in total. The molecule has 0 radical (unpaired) electrons. The minimum atomic E-state index is -1.43. The van der Waals surface area contributed by atoms with E-state index in [0.717, 1.165) is 12.1 Å². The van der Waals surface area contributed by atoms with Crippen LogP contribution >= 0.6 is 0 Å². The number of nitrogens with one attached hydrogen (secondary N) is 1. The number of ether oxygens (including phenoxy) is 1. The fraction of sp³-hybridized carbons (Fsp3) is 0.250. The first-order chi connectivity index (χ1) is 13.0. The predicted molar refractivity (Wildman–Crippen MR) is 99.0 cm³/mol. The van der Waals surface area contributed by atoms with Gasteiger partial charge in [0.1, 0.15) is 0 Å². The van der Waals surface area contributed by atoms with Gasteiger partial charge in [-0.2, -0.15) is 0 Å². The van der Waals surface area contributed by atoms with E-state index in [0.29, 0.717) is 24.2 Å². The Morgan fingerprint density at radius 3 is 2.44 bits per heavy atom. The van der Waals surface area contributed by atoms with E-state index in [1.807, 2.05) is 0 Å². The van der Waals surface area contributed by atoms with E-state index in [9.17, 15) is 19.5 Å². The van der Waals surface area contributed by atoms with Crippen LogP contribution in [-0.4, -0.2) is 36.0 Å². The maximum absolute atomic E-state index is 11.9. The molecular weight excluding hydrogens is 348 g/mol. The first kappa shape index (κ1) is 18.6. The van der Waals surface area contributed by atoms with Crippen molar-refractivity contribution in [1.29, 1.82) is 0 Å². The number of hydrogen-bond acceptors (Lipinski definition) is 5. The molecule has 0 saturated carbocycles. The topological polar surface area (TPSA) is 95.9 Å². The molecule has 1 heterocycles. The van der Waals surface area contributed by atoms with Crippen LogP contribution in [0.5, 0.6) is 0 Å². The van der Waals surface area contributed by atoms with Crippen molar-refractivity contribution >= 4 is 29.2 Å². The third-order valence-electron chi connectivity index (χ3n) is 4.22. The average Bonchev–Trinajstić information content (AvgIpc) is 3.12. The predicted octanol–water partition coefficient (Wildman–Crippen LogP) is 2.03. The van der Waals surface area contributed by atoms with Gasteiger partial charge in [-0.05, 0) is 36.2 Å². The number of benzene rings is 2. The van der Waals surface area contributed by atoms with Crippen molar-refractivity contribution in [2.45, 2.75) is 18.9 Å². The van der Waals surface area contributed by atoms with Gasteiger partial charge >= 0.3 is 5.97 Å². The van der Waals surface area contributed by atoms with Gasteiger partial charge in [-0.1, -0.05) is 30.3 Å². The molecule has 7 heteroatoms. The minimum Gasteiger partial charge on any atom is -0.453 e. The smallest absolute Gasteiger partial charge is 0.340 e. The molecule has 0 unspecified atom stereocenters. The highest BCUT2D eigenvalue weighted by molar-refractivity contribution is 5.96. The fourth-order valence-electron chi connectivity index (χ4n) is 2.83. The molecule has 0 bridgehead atoms. The summed E-state index contributed by atoms with van der Waals surface area (Å²) in [4.78, 5) is 37.2. The van der Waals surface area contributed by atoms with Gasteiger partial charge in [0.25, 0.3) is 5.91 Å². The molecule has 2 aromatic carbocycles. The fourth-order valence-corrected chi connectivity index (χ4v) is 2.83. The summed E-state index contributed by atoms with van der Waals surface area (Å²) >= 11 is 0. The summed E-state index contributed by atoms with van der Waals surface area (Å²) in [7, 11) is 0. The highest BCUT2D eigenvalue weighted by Gasteiger charge is 2.22. The maximum Gasteiger partial charge on any atom is 0.340 e. The molecule has 2 N–H and O–H groups in total. The molecule has 1 aliphatic heterocycles. The number of amides is 2. The minimum absolute atomic E-state index is 0.0932. The van der Waals surface area contributed by atoms with Gasteiger partial charge < -0.3 is 20.1 Å². The van der Waals surface area contributed by atoms with Gasteiger partial charge in [-0.3, -0.25) is 9.59 Å². The molecule has 1 atom stereocenters. The Bertz CT molecular complexity index is 820. The molecule has 1 fully saturated rings. The summed E-state index contributed by atoms with van der Waals surface area (Å²) in [5.41, 5.74) is 1.71. The molecule has 1 aliphatic rings. The van der Waals surface area contributed by atoms with Crippen LogP contribution in [0.25, 0.3) is 0 Å². The summed E-state index contributed by atoms with van der Waals surface area (Å²) in [6.45, 7) is 0.194. The number of carbonyl (C=O) groups is 3. The number of rotatable bonds is 6. The molecule has 0 spiro atoms. The van der Waals surface area contributed by atoms with Crippen LogP contribution in [0.3, 0.4) is 0 Å². The van der Waals surface area contributed by atoms with Crippen LogP contribution in [0, 0.1) is 0 Å². The highest BCUT2D eigenvalue weighted by Crippen LogP contribution is 2.23. The average molecular weight is 368 g/mol. The molecule has 2 aromatic rings. The van der Waals surface area contributed by atoms with Gasteiger partial charge in [0.2, 0.25) is 5.91 Å². The Kier molecular flexibility index (Phi) is 5.83. The molecule has 27 heavy (non-hydrogen) atoms. The van der Waals surface area contributed by atoms with Gasteiger partial charge in [0, 0.05) is 24.3 Å². The molecule has 3 rings (SSSR count). The van der Waals surface area contributed by atoms with Crippen LogP contribution in [0.4, 0.5) is 11.4 Å². The van der Waals surface area contributed by atoms with E-state index in [1.54, 1.807) is 59.5 Å². The Balaban J connectivity index is 1.49. The number of hydrogen-bond donors (Lipinski definition) is 2. The Labute approximate surface area is 156 Å². The van der Waals surface area contributed by atoms with E-state index < -0.39 is 24.6 Å². The van der Waals surface area contributed by atoms with Crippen molar-refractivity contribution < 1.29 is 24.2 Å². The summed E-state index contributed by atoms with van der Waals surface area (Å²) in [6, 6.07) is 15.2. The van der Waals surface area contributed by atoms with Gasteiger partial charge in [0.15, 0.2) is 12.7 Å². The Morgan fingerprint density at radius 1 is 1.11 bits per heavy atom. The first-order valence-electron chi connectivity index (χ1n) is 8.64. The summed E-state index contributed by atoms with van der Waals surface area (Å²) < 4.78 is 4.86. The van der Waals surface area contributed by atoms with Crippen molar-refractivity contribution in [2.24, 2.45) is 0 Å². The van der Waals surface area contributed by atoms with E-state index in [1.165, 1.54) is 0 Å². The maximum atomic E-state index is 11.9. The van der Waals surface area contributed by atoms with E-state index in [-0.39, 0.29) is 5.91 Å². The molecule has 140 valence electrons. The summed E-state index contributed by atoms with van der Waals surface area (Å²) in [6.07, 6.45) is -0.0350. The number of aliphatic hydroxyl groups excluding tert-OH is 1. The van der Waals surface area contributed by atoms with E-state index in [2.05, 4.69) is 5.32 Å². The number of esters is 1. The van der Waals surface area contributed by atoms with Crippen molar-refractivity contribution in [3.8, 4) is 0 Å². The van der Waals surface area contributed by atoms with E-state index in [4.69, 9.17) is 4.74 Å². The van der Waals surface area contributed by atoms with Crippen LogP contribution < -0.4 is 10.2 Å². The van der Waals surface area contributed by atoms with Gasteiger partial charge in [0.05, 0.1) is 0 Å². The molecule has 0 aliphatic carbocycles. The van der Waals surface area contributed by atoms with Crippen LogP contribution in [0.15, 0.2) is 54.6 Å². The lowest BCUT2D eigenvalue weighted by Gasteiger charge is -2.16. The summed E-state index contributed by atoms with van der Waals surface area (Å²) in [5, 5.41) is 12.5. The normalized spacial score (nSPS) is 14.7. The van der Waals surface area contributed by atoms with Crippen LogP contribution in [0.2, 0.25) is 0 Å². The van der Waals surface area contributed by atoms with Crippen molar-refractivity contribution in [3.05, 3.63) is 60.2 Å². The third kappa shape index (κ3) is 4.71. The van der Waals surface area contributed by atoms with Crippen LogP contribution in [0.1, 0.15) is 24.5 Å². The zero-order chi connectivity index (χ0) is 19.2. The van der Waals surface area contributed by atoms with E-state index >= 15 is 0 Å². The second-order valence-electron chi connectivity index (χ2n) is 6.16. The van der Waals surface area contributed by atoms with Gasteiger partial charge in [-0.25, -0.2) is 4.79 Å². The van der Waals surface area contributed by atoms with Crippen molar-refractivity contribution in [2.75, 3.05) is 23.4 Å². The molecule has 0 aromatic heterocycles. The monoisotopic (exact) mass is 368 g/mol. The Hall–Kier alpha value is -3.19. The number of carbonyl (C=O) groups excluding carboxylic acids is 3. The summed E-state index contributed by atoms with van der Waals surface area (Å²) in [5.74, 6) is -1.32. The highest BCUT2D eigenvalue weighted by atomic mass is 16.5. The second-order valence-corrected chi connectivity index (χ2v) is 6.16. The van der Waals surface area contributed by atoms with Crippen molar-refractivity contribution in [1.82, 2.24) is 0 Å². The largest absolute Gasteiger partial charge is 0.453 e. The zero-order valence-corrected chi connectivity index (χ0v) is 14.6. The second kappa shape index (κ2) is 8.46. The van der Waals surface area contributed by atoms with Crippen LogP contribution in [-0.2, 0) is 19.1 Å². The lowest BCUT2D eigenvalue weighted by atomic mass is 10.1. The number of nitrogens with zero attached hydrogens (tertiary/aromatic N) is 1. The molecule has 2 amide bonds. The SMILES string of the molecule is O=C(COC(=O)[C@@H](O)c1ccccc1)Nc1ccc(N2CCCC2=O)cc1. The zero-order valence-electron chi connectivity index (χ0n) is 14.6. The van der Waals surface area contributed by atoms with Gasteiger partial charge in [-0.15, -0.1) is 0 Å². The Morgan fingerprint density at radius 2 is 1.81 bits per heavy atom. The lowest BCUT2D eigenvalue weighted by molar-refractivity contribution is -0.156. The molecular formula is C20H20N2O5. The van der Waals surface area contributed by atoms with Crippen molar-refractivity contribution in [3.63, 3.8) is 0 Å². The quantitative estimate of drug-likeness (QED) is 0.761. The molecule has 1 saturated heterocycles.